The third-order valence-electron chi connectivity index (χ3n) is 1.44. The van der Waals surface area contributed by atoms with E-state index in [1.165, 1.54) is 5.70 Å². The minimum atomic E-state index is 0.990. The smallest absolute Gasteiger partial charge is 0.0174 e. The van der Waals surface area contributed by atoms with E-state index in [0.29, 0.717) is 0 Å². The van der Waals surface area contributed by atoms with Crippen LogP contribution in [0, 0.1) is 0 Å². The van der Waals surface area contributed by atoms with Gasteiger partial charge in [-0.1, -0.05) is 32.2 Å². The fourth-order valence-corrected chi connectivity index (χ4v) is 0.855. The normalized spacial score (nSPS) is 8.20. The van der Waals surface area contributed by atoms with Gasteiger partial charge in [-0.15, -0.1) is 0 Å². The van der Waals surface area contributed by atoms with Crippen LogP contribution in [0.15, 0.2) is 36.6 Å². The molecule has 1 nitrogen and oxygen atoms in total. The molecule has 0 amide bonds. The van der Waals surface area contributed by atoms with Crippen LogP contribution in [0.25, 0.3) is 0 Å². The second-order valence-electron chi connectivity index (χ2n) is 1.95. The summed E-state index contributed by atoms with van der Waals surface area (Å²) >= 11 is 0. The van der Waals surface area contributed by atoms with Crippen LogP contribution in [-0.2, 0) is 0 Å². The summed E-state index contributed by atoms with van der Waals surface area (Å²) in [6.07, 6.45) is 4.61. The molecule has 0 aliphatic heterocycles. The number of hydrogen-bond acceptors (Lipinski definition) is 1. The fraction of sp³-hybridized carbons (Fsp3) is 0.333. The Balaban J connectivity index is 4.50. The minimum Gasteiger partial charge on any atom is -0.391 e. The minimum absolute atomic E-state index is 0.990. The Labute approximate surface area is 63.1 Å². The molecule has 0 atom stereocenters. The molecule has 56 valence electrons. The Morgan fingerprint density at radius 1 is 1.40 bits per heavy atom. The molecule has 0 aliphatic rings. The van der Waals surface area contributed by atoms with Gasteiger partial charge in [-0.25, -0.2) is 0 Å². The predicted octanol–water partition coefficient (Wildman–Crippen LogP) is 2.24. The van der Waals surface area contributed by atoms with E-state index in [1.54, 1.807) is 0 Å². The van der Waals surface area contributed by atoms with Gasteiger partial charge in [0.05, 0.1) is 0 Å². The number of nitrogens with one attached hydrogen (secondary N) is 1. The maximum Gasteiger partial charge on any atom is 0.0174 e. The van der Waals surface area contributed by atoms with Crippen molar-refractivity contribution in [1.29, 1.82) is 0 Å². The largest absolute Gasteiger partial charge is 0.391 e. The topological polar surface area (TPSA) is 12.0 Å². The second-order valence-corrected chi connectivity index (χ2v) is 1.95. The van der Waals surface area contributed by atoms with Gasteiger partial charge in [-0.3, -0.25) is 0 Å². The maximum atomic E-state index is 3.68. The van der Waals surface area contributed by atoms with Crippen LogP contribution in [0.1, 0.15) is 13.3 Å². The number of allylic oxidation sites excluding steroid dienone is 4. The lowest BCUT2D eigenvalue weighted by Gasteiger charge is -2.05. The van der Waals surface area contributed by atoms with Gasteiger partial charge in [0.2, 0.25) is 0 Å². The predicted molar refractivity (Wildman–Crippen MR) is 46.8 cm³/mol. The molecular weight excluding hydrogens is 122 g/mol. The molecular formula is C9H15N. The molecule has 0 spiro atoms. The molecule has 0 aliphatic carbocycles. The van der Waals surface area contributed by atoms with Crippen molar-refractivity contribution < 1.29 is 0 Å². The van der Waals surface area contributed by atoms with E-state index in [4.69, 9.17) is 0 Å². The van der Waals surface area contributed by atoms with Gasteiger partial charge in [0.25, 0.3) is 0 Å². The summed E-state index contributed by atoms with van der Waals surface area (Å²) in [5.74, 6) is 0. The third-order valence-corrected chi connectivity index (χ3v) is 1.44. The lowest BCUT2D eigenvalue weighted by molar-refractivity contribution is 0.890. The zero-order valence-electron chi connectivity index (χ0n) is 6.78. The first-order valence-electron chi connectivity index (χ1n) is 3.45. The molecule has 0 aromatic carbocycles. The van der Waals surface area contributed by atoms with Crippen LogP contribution in [0.3, 0.4) is 0 Å². The average molecular weight is 137 g/mol. The zero-order chi connectivity index (χ0) is 7.98. The fourth-order valence-electron chi connectivity index (χ4n) is 0.855. The number of rotatable bonds is 4. The van der Waals surface area contributed by atoms with Gasteiger partial charge in [0.15, 0.2) is 0 Å². The molecule has 0 heterocycles. The van der Waals surface area contributed by atoms with Crippen molar-refractivity contribution in [2.75, 3.05) is 7.05 Å². The standard InChI is InChI=1S/C9H15N/c1-5-8(6-2)9(7-3)10-4/h5-6,10H,1-2,7H2,3-4H3. The quantitative estimate of drug-likeness (QED) is 0.586. The molecule has 0 radical (unpaired) electrons. The van der Waals surface area contributed by atoms with Gasteiger partial charge >= 0.3 is 0 Å². The monoisotopic (exact) mass is 137 g/mol. The molecule has 0 saturated carbocycles. The Bertz CT molecular complexity index is 138. The Morgan fingerprint density at radius 2 is 1.90 bits per heavy atom. The van der Waals surface area contributed by atoms with Crippen molar-refractivity contribution >= 4 is 0 Å². The molecule has 10 heavy (non-hydrogen) atoms. The molecule has 1 N–H and O–H groups in total. The van der Waals surface area contributed by atoms with Crippen molar-refractivity contribution in [2.24, 2.45) is 0 Å². The highest BCUT2D eigenvalue weighted by Crippen LogP contribution is 2.06. The SMILES string of the molecule is C=CC(C=C)=C(CC)NC. The molecule has 0 fully saturated rings. The van der Waals surface area contributed by atoms with Gasteiger partial charge < -0.3 is 5.32 Å². The Hall–Kier alpha value is -0.980. The lowest BCUT2D eigenvalue weighted by Crippen LogP contribution is -2.06. The molecule has 0 saturated heterocycles. The van der Waals surface area contributed by atoms with Crippen molar-refractivity contribution in [2.45, 2.75) is 13.3 Å². The summed E-state index contributed by atoms with van der Waals surface area (Å²) in [4.78, 5) is 0. The summed E-state index contributed by atoms with van der Waals surface area (Å²) in [6, 6.07) is 0. The van der Waals surface area contributed by atoms with Crippen LogP contribution < -0.4 is 5.32 Å². The Morgan fingerprint density at radius 3 is 2.00 bits per heavy atom. The van der Waals surface area contributed by atoms with E-state index in [-0.39, 0.29) is 0 Å². The van der Waals surface area contributed by atoms with Crippen LogP contribution >= 0.6 is 0 Å². The molecule has 0 aromatic heterocycles. The summed E-state index contributed by atoms with van der Waals surface area (Å²) in [7, 11) is 1.91. The van der Waals surface area contributed by atoms with Gasteiger partial charge in [0, 0.05) is 12.7 Å². The highest BCUT2D eigenvalue weighted by Gasteiger charge is 1.93. The van der Waals surface area contributed by atoms with Gasteiger partial charge in [-0.2, -0.15) is 0 Å². The zero-order valence-corrected chi connectivity index (χ0v) is 6.78. The second kappa shape index (κ2) is 4.86. The van der Waals surface area contributed by atoms with E-state index in [9.17, 15) is 0 Å². The highest BCUT2D eigenvalue weighted by molar-refractivity contribution is 5.32. The van der Waals surface area contributed by atoms with Crippen LogP contribution in [0.4, 0.5) is 0 Å². The first kappa shape index (κ1) is 9.02. The van der Waals surface area contributed by atoms with E-state index in [1.807, 2.05) is 19.2 Å². The van der Waals surface area contributed by atoms with Gasteiger partial charge in [-0.05, 0) is 12.0 Å². The highest BCUT2D eigenvalue weighted by atomic mass is 14.8. The summed E-state index contributed by atoms with van der Waals surface area (Å²) in [6.45, 7) is 9.46. The van der Waals surface area contributed by atoms with E-state index >= 15 is 0 Å². The van der Waals surface area contributed by atoms with Crippen molar-refractivity contribution in [3.8, 4) is 0 Å². The van der Waals surface area contributed by atoms with Gasteiger partial charge in [0.1, 0.15) is 0 Å². The van der Waals surface area contributed by atoms with Crippen molar-refractivity contribution in [1.82, 2.24) is 5.32 Å². The molecule has 0 bridgehead atoms. The molecule has 1 heteroatoms. The molecule has 0 aromatic rings. The third kappa shape index (κ3) is 2.09. The summed E-state index contributed by atoms with van der Waals surface area (Å²) in [5, 5.41) is 3.09. The van der Waals surface area contributed by atoms with E-state index in [2.05, 4.69) is 25.4 Å². The average Bonchev–Trinajstić information content (AvgIpc) is 2.00. The van der Waals surface area contributed by atoms with E-state index < -0.39 is 0 Å². The molecule has 0 rings (SSSR count). The van der Waals surface area contributed by atoms with Crippen LogP contribution in [0.5, 0.6) is 0 Å². The van der Waals surface area contributed by atoms with Crippen molar-refractivity contribution in [3.63, 3.8) is 0 Å². The van der Waals surface area contributed by atoms with Crippen LogP contribution in [-0.4, -0.2) is 7.05 Å². The summed E-state index contributed by atoms with van der Waals surface area (Å²) < 4.78 is 0. The van der Waals surface area contributed by atoms with Crippen LogP contribution in [0.2, 0.25) is 0 Å². The number of hydrogen-bond donors (Lipinski definition) is 1. The maximum absolute atomic E-state index is 3.68. The first-order valence-corrected chi connectivity index (χ1v) is 3.45. The molecule has 0 unspecified atom stereocenters. The summed E-state index contributed by atoms with van der Waals surface area (Å²) in [5.41, 5.74) is 2.27. The first-order chi connectivity index (χ1) is 4.79. The van der Waals surface area contributed by atoms with Crippen molar-refractivity contribution in [3.05, 3.63) is 36.6 Å². The lowest BCUT2D eigenvalue weighted by atomic mass is 10.1. The van der Waals surface area contributed by atoms with E-state index in [0.717, 1.165) is 12.0 Å². The Kier molecular flexibility index (Phi) is 4.38.